The standard InChI is InChI=1S/C12H20O3/c1-10(2)11(3)5-6-12(10,7-8(11)13)9(14)15-4/h8,13H,5-7H2,1-4H3/t8-,11-,12+/m0/s1. The van der Waals surface area contributed by atoms with Crippen molar-refractivity contribution >= 4 is 5.97 Å². The molecule has 0 saturated heterocycles. The minimum atomic E-state index is -0.462. The lowest BCUT2D eigenvalue weighted by Crippen LogP contribution is -2.41. The number of aliphatic hydroxyl groups excluding tert-OH is 1. The van der Waals surface area contributed by atoms with Gasteiger partial charge in [0.15, 0.2) is 0 Å². The summed E-state index contributed by atoms with van der Waals surface area (Å²) in [6, 6.07) is 0. The Bertz CT molecular complexity index is 310. The number of carbonyl (C=O) groups excluding carboxylic acids is 1. The molecule has 2 aliphatic carbocycles. The van der Waals surface area contributed by atoms with Crippen molar-refractivity contribution in [1.82, 2.24) is 0 Å². The van der Waals surface area contributed by atoms with E-state index in [1.807, 2.05) is 0 Å². The van der Waals surface area contributed by atoms with Crippen molar-refractivity contribution in [3.63, 3.8) is 0 Å². The SMILES string of the molecule is COC(=O)[C@@]12CC[C@@](C)([C@@H](O)C1)C2(C)C. The van der Waals surface area contributed by atoms with Gasteiger partial charge in [0.1, 0.15) is 0 Å². The summed E-state index contributed by atoms with van der Waals surface area (Å²) in [5.74, 6) is -0.146. The third-order valence-electron chi connectivity index (χ3n) is 5.55. The van der Waals surface area contributed by atoms with E-state index >= 15 is 0 Å². The lowest BCUT2D eigenvalue weighted by atomic mass is 9.65. The molecular formula is C12H20O3. The van der Waals surface area contributed by atoms with Gasteiger partial charge >= 0.3 is 5.97 Å². The molecule has 2 saturated carbocycles. The second-order valence-corrected chi connectivity index (χ2v) is 5.84. The van der Waals surface area contributed by atoms with Crippen molar-refractivity contribution in [2.45, 2.75) is 46.1 Å². The molecule has 0 aromatic heterocycles. The highest BCUT2D eigenvalue weighted by atomic mass is 16.5. The Morgan fingerprint density at radius 1 is 1.33 bits per heavy atom. The summed E-state index contributed by atoms with van der Waals surface area (Å²) in [6.45, 7) is 6.27. The summed E-state index contributed by atoms with van der Waals surface area (Å²) in [4.78, 5) is 12.0. The van der Waals surface area contributed by atoms with E-state index in [0.29, 0.717) is 6.42 Å². The van der Waals surface area contributed by atoms with E-state index in [2.05, 4.69) is 20.8 Å². The predicted molar refractivity (Wildman–Crippen MR) is 56.2 cm³/mol. The molecule has 0 aliphatic heterocycles. The first-order chi connectivity index (χ1) is 6.82. The molecule has 0 amide bonds. The van der Waals surface area contributed by atoms with E-state index < -0.39 is 5.41 Å². The van der Waals surface area contributed by atoms with Gasteiger partial charge in [-0.3, -0.25) is 4.79 Å². The monoisotopic (exact) mass is 212 g/mol. The Morgan fingerprint density at radius 3 is 2.27 bits per heavy atom. The quantitative estimate of drug-likeness (QED) is 0.673. The molecule has 0 aromatic rings. The molecule has 0 radical (unpaired) electrons. The van der Waals surface area contributed by atoms with E-state index in [4.69, 9.17) is 4.74 Å². The highest BCUT2D eigenvalue weighted by Crippen LogP contribution is 2.72. The Morgan fingerprint density at radius 2 is 1.93 bits per heavy atom. The van der Waals surface area contributed by atoms with Crippen LogP contribution in [-0.2, 0) is 9.53 Å². The first-order valence-electron chi connectivity index (χ1n) is 5.58. The van der Waals surface area contributed by atoms with Gasteiger partial charge in [-0.25, -0.2) is 0 Å². The Balaban J connectivity index is 2.49. The van der Waals surface area contributed by atoms with Crippen molar-refractivity contribution in [1.29, 1.82) is 0 Å². The van der Waals surface area contributed by atoms with Crippen molar-refractivity contribution in [2.75, 3.05) is 7.11 Å². The summed E-state index contributed by atoms with van der Waals surface area (Å²) in [5, 5.41) is 10.1. The lowest BCUT2D eigenvalue weighted by molar-refractivity contribution is -0.158. The second kappa shape index (κ2) is 2.76. The molecule has 15 heavy (non-hydrogen) atoms. The third kappa shape index (κ3) is 0.930. The van der Waals surface area contributed by atoms with Gasteiger partial charge in [0.05, 0.1) is 18.6 Å². The van der Waals surface area contributed by atoms with Crippen LogP contribution in [0.3, 0.4) is 0 Å². The van der Waals surface area contributed by atoms with E-state index in [0.717, 1.165) is 12.8 Å². The molecule has 86 valence electrons. The van der Waals surface area contributed by atoms with Crippen LogP contribution < -0.4 is 0 Å². The summed E-state index contributed by atoms with van der Waals surface area (Å²) >= 11 is 0. The number of hydrogen-bond donors (Lipinski definition) is 1. The van der Waals surface area contributed by atoms with Crippen molar-refractivity contribution in [3.8, 4) is 0 Å². The number of ether oxygens (including phenoxy) is 1. The van der Waals surface area contributed by atoms with Gasteiger partial charge in [-0.05, 0) is 30.1 Å². The molecule has 0 heterocycles. The molecule has 3 heteroatoms. The summed E-state index contributed by atoms with van der Waals surface area (Å²) in [6.07, 6.45) is 1.94. The van der Waals surface area contributed by atoms with Crippen molar-refractivity contribution in [3.05, 3.63) is 0 Å². The summed E-state index contributed by atoms with van der Waals surface area (Å²) in [7, 11) is 1.44. The van der Waals surface area contributed by atoms with Crippen LogP contribution in [0.25, 0.3) is 0 Å². The third-order valence-corrected chi connectivity index (χ3v) is 5.55. The molecular weight excluding hydrogens is 192 g/mol. The molecule has 2 bridgehead atoms. The number of methoxy groups -OCH3 is 1. The molecule has 3 nitrogen and oxygen atoms in total. The average Bonchev–Trinajstić information content (AvgIpc) is 2.47. The molecule has 0 spiro atoms. The number of aliphatic hydroxyl groups is 1. The van der Waals surface area contributed by atoms with E-state index in [9.17, 15) is 9.90 Å². The molecule has 2 aliphatic rings. The zero-order chi connectivity index (χ0) is 11.5. The largest absolute Gasteiger partial charge is 0.469 e. The first kappa shape index (κ1) is 10.9. The van der Waals surface area contributed by atoms with Gasteiger partial charge in [-0.15, -0.1) is 0 Å². The van der Waals surface area contributed by atoms with Gasteiger partial charge in [-0.2, -0.15) is 0 Å². The fourth-order valence-corrected chi connectivity index (χ4v) is 3.78. The van der Waals surface area contributed by atoms with E-state index in [-0.39, 0.29) is 22.9 Å². The summed E-state index contributed by atoms with van der Waals surface area (Å²) < 4.78 is 4.93. The van der Waals surface area contributed by atoms with Crippen molar-refractivity contribution in [2.24, 2.45) is 16.2 Å². The Kier molecular flexibility index (Phi) is 2.01. The van der Waals surface area contributed by atoms with Gasteiger partial charge < -0.3 is 9.84 Å². The topological polar surface area (TPSA) is 46.5 Å². The van der Waals surface area contributed by atoms with Gasteiger partial charge in [-0.1, -0.05) is 20.8 Å². The molecule has 2 fully saturated rings. The predicted octanol–water partition coefficient (Wildman–Crippen LogP) is 1.74. The van der Waals surface area contributed by atoms with Gasteiger partial charge in [0, 0.05) is 0 Å². The maximum atomic E-state index is 12.0. The van der Waals surface area contributed by atoms with Gasteiger partial charge in [0.2, 0.25) is 0 Å². The minimum absolute atomic E-state index is 0.138. The maximum absolute atomic E-state index is 12.0. The highest BCUT2D eigenvalue weighted by molar-refractivity contribution is 5.79. The molecule has 0 aromatic carbocycles. The number of carbonyl (C=O) groups is 1. The van der Waals surface area contributed by atoms with Crippen LogP contribution in [0.5, 0.6) is 0 Å². The maximum Gasteiger partial charge on any atom is 0.312 e. The minimum Gasteiger partial charge on any atom is -0.469 e. The Labute approximate surface area is 90.8 Å². The summed E-state index contributed by atoms with van der Waals surface area (Å²) in [5.41, 5.74) is -0.774. The fourth-order valence-electron chi connectivity index (χ4n) is 3.78. The van der Waals surface area contributed by atoms with Crippen LogP contribution in [0.1, 0.15) is 40.0 Å². The number of hydrogen-bond acceptors (Lipinski definition) is 3. The van der Waals surface area contributed by atoms with Crippen LogP contribution in [0.2, 0.25) is 0 Å². The first-order valence-corrected chi connectivity index (χ1v) is 5.58. The number of esters is 1. The zero-order valence-corrected chi connectivity index (χ0v) is 9.96. The number of fused-ring (bicyclic) bond motifs is 2. The van der Waals surface area contributed by atoms with Crippen LogP contribution in [0.15, 0.2) is 0 Å². The molecule has 1 N–H and O–H groups in total. The van der Waals surface area contributed by atoms with Crippen LogP contribution in [0, 0.1) is 16.2 Å². The van der Waals surface area contributed by atoms with Crippen LogP contribution in [0.4, 0.5) is 0 Å². The number of rotatable bonds is 1. The lowest BCUT2D eigenvalue weighted by Gasteiger charge is -2.39. The highest BCUT2D eigenvalue weighted by Gasteiger charge is 2.72. The molecule has 3 atom stereocenters. The fraction of sp³-hybridized carbons (Fsp3) is 0.917. The molecule has 0 unspecified atom stereocenters. The Hall–Kier alpha value is -0.570. The average molecular weight is 212 g/mol. The smallest absolute Gasteiger partial charge is 0.312 e. The second-order valence-electron chi connectivity index (χ2n) is 5.84. The normalized spacial score (nSPS) is 46.9. The molecule has 2 rings (SSSR count). The van der Waals surface area contributed by atoms with Crippen molar-refractivity contribution < 1.29 is 14.6 Å². The van der Waals surface area contributed by atoms with Crippen LogP contribution >= 0.6 is 0 Å². The van der Waals surface area contributed by atoms with E-state index in [1.165, 1.54) is 7.11 Å². The van der Waals surface area contributed by atoms with E-state index in [1.54, 1.807) is 0 Å². The van der Waals surface area contributed by atoms with Crippen LogP contribution in [-0.4, -0.2) is 24.3 Å². The van der Waals surface area contributed by atoms with Gasteiger partial charge in [0.25, 0.3) is 0 Å². The zero-order valence-electron chi connectivity index (χ0n) is 9.96.